The summed E-state index contributed by atoms with van der Waals surface area (Å²) in [5, 5.41) is 39.0. The second-order valence-corrected chi connectivity index (χ2v) is 10.6. The van der Waals surface area contributed by atoms with Gasteiger partial charge in [-0.25, -0.2) is 14.4 Å². The smallest absolute Gasteiger partial charge is 0.335 e. The summed E-state index contributed by atoms with van der Waals surface area (Å²) in [6.45, 7) is 3.63. The molecule has 1 aliphatic carbocycles. The van der Waals surface area contributed by atoms with E-state index in [0.29, 0.717) is 10.8 Å². The first-order valence-corrected chi connectivity index (χ1v) is 11.4. The Bertz CT molecular complexity index is 1450. The fraction of sp³-hybridized carbons (Fsp3) is 0.154. The highest BCUT2D eigenvalue weighted by Gasteiger charge is 2.38. The van der Waals surface area contributed by atoms with Crippen molar-refractivity contribution in [2.45, 2.75) is 17.3 Å². The van der Waals surface area contributed by atoms with E-state index < -0.39 is 33.2 Å². The van der Waals surface area contributed by atoms with Gasteiger partial charge in [0.15, 0.2) is 0 Å². The molecule has 0 saturated heterocycles. The van der Waals surface area contributed by atoms with Crippen molar-refractivity contribution in [2.75, 3.05) is 0 Å². The summed E-state index contributed by atoms with van der Waals surface area (Å²) in [5.41, 5.74) is 1.36. The van der Waals surface area contributed by atoms with Gasteiger partial charge in [-0.05, 0) is 77.0 Å². The first-order valence-electron chi connectivity index (χ1n) is 10.3. The first-order chi connectivity index (χ1) is 16.3. The van der Waals surface area contributed by atoms with Gasteiger partial charge in [0.25, 0.3) is 0 Å². The molecular weight excluding hydrogens is 567 g/mol. The van der Waals surface area contributed by atoms with Crippen LogP contribution in [0.25, 0.3) is 22.4 Å². The molecule has 2 unspecified atom stereocenters. The molecule has 0 aliphatic heterocycles. The molecule has 0 amide bonds. The zero-order chi connectivity index (χ0) is 26.1. The van der Waals surface area contributed by atoms with E-state index in [2.05, 4.69) is 22.6 Å². The Morgan fingerprint density at radius 1 is 0.743 bits per heavy atom. The summed E-state index contributed by atoms with van der Waals surface area (Å²) in [6.07, 6.45) is 1.83. The van der Waals surface area contributed by atoms with Crippen molar-refractivity contribution in [3.8, 4) is 0 Å². The van der Waals surface area contributed by atoms with Gasteiger partial charge in [-0.2, -0.15) is 0 Å². The van der Waals surface area contributed by atoms with Crippen LogP contribution in [0.4, 0.5) is 0 Å². The molecule has 3 aromatic rings. The maximum Gasteiger partial charge on any atom is 0.335 e. The third-order valence-corrected chi connectivity index (χ3v) is 6.67. The van der Waals surface area contributed by atoms with Crippen LogP contribution in [0.15, 0.2) is 54.6 Å². The maximum absolute atomic E-state index is 11.4. The molecule has 3 aromatic carbocycles. The van der Waals surface area contributed by atoms with E-state index >= 15 is 0 Å². The Balaban J connectivity index is 0.000000198. The molecule has 9 heteroatoms. The molecule has 0 radical (unpaired) electrons. The summed E-state index contributed by atoms with van der Waals surface area (Å²) in [6, 6.07) is 13.9. The minimum absolute atomic E-state index is 0.190. The maximum atomic E-state index is 11.4. The molecule has 8 nitrogen and oxygen atoms in total. The van der Waals surface area contributed by atoms with Crippen LogP contribution in [0.1, 0.15) is 44.9 Å². The third-order valence-electron chi connectivity index (χ3n) is 5.74. The molecular formula is C26H21IO8. The predicted molar refractivity (Wildman–Crippen MR) is 138 cm³/mol. The van der Waals surface area contributed by atoms with Crippen molar-refractivity contribution < 1.29 is 39.6 Å². The summed E-state index contributed by atoms with van der Waals surface area (Å²) < 4.78 is -0.572. The van der Waals surface area contributed by atoms with Gasteiger partial charge in [-0.15, -0.1) is 0 Å². The van der Waals surface area contributed by atoms with Gasteiger partial charge < -0.3 is 20.4 Å². The zero-order valence-corrected chi connectivity index (χ0v) is 20.8. The van der Waals surface area contributed by atoms with E-state index in [1.807, 2.05) is 13.0 Å². The van der Waals surface area contributed by atoms with Gasteiger partial charge in [-0.1, -0.05) is 46.9 Å². The van der Waals surface area contributed by atoms with E-state index in [9.17, 15) is 24.3 Å². The highest BCUT2D eigenvalue weighted by molar-refractivity contribution is 14.1. The van der Waals surface area contributed by atoms with E-state index in [0.717, 1.165) is 16.0 Å². The summed E-state index contributed by atoms with van der Waals surface area (Å²) in [4.78, 5) is 43.9. The number of benzene rings is 3. The predicted octanol–water partition coefficient (Wildman–Crippen LogP) is 3.48. The monoisotopic (exact) mass is 588 g/mol. The Hall–Kier alpha value is -3.73. The summed E-state index contributed by atoms with van der Waals surface area (Å²) in [7, 11) is 0. The number of alkyl halides is 1. The lowest BCUT2D eigenvalue weighted by atomic mass is 9.82. The number of aromatic carboxylic acids is 3. The van der Waals surface area contributed by atoms with Crippen LogP contribution >= 0.6 is 22.6 Å². The van der Waals surface area contributed by atoms with Gasteiger partial charge in [0.1, 0.15) is 0 Å². The molecule has 2 atom stereocenters. The minimum Gasteiger partial charge on any atom is -0.481 e. The van der Waals surface area contributed by atoms with Crippen molar-refractivity contribution in [3.63, 3.8) is 0 Å². The number of aliphatic carboxylic acids is 1. The normalized spacial score (nSPS) is 18.5. The molecule has 4 N–H and O–H groups in total. The van der Waals surface area contributed by atoms with E-state index in [1.165, 1.54) is 30.3 Å². The lowest BCUT2D eigenvalue weighted by molar-refractivity contribution is -0.139. The average molecular weight is 588 g/mol. The van der Waals surface area contributed by atoms with Crippen molar-refractivity contribution in [1.29, 1.82) is 0 Å². The van der Waals surface area contributed by atoms with Gasteiger partial charge >= 0.3 is 23.9 Å². The number of rotatable bonds is 4. The second-order valence-electron chi connectivity index (χ2n) is 8.24. The molecule has 35 heavy (non-hydrogen) atoms. The highest BCUT2D eigenvalue weighted by Crippen LogP contribution is 2.36. The number of hydrogen-bond donors (Lipinski definition) is 4. The van der Waals surface area contributed by atoms with E-state index in [-0.39, 0.29) is 16.7 Å². The molecule has 0 spiro atoms. The van der Waals surface area contributed by atoms with Crippen LogP contribution in [-0.2, 0) is 4.79 Å². The Morgan fingerprint density at radius 3 is 1.60 bits per heavy atom. The quantitative estimate of drug-likeness (QED) is 0.268. The lowest BCUT2D eigenvalue weighted by Crippen LogP contribution is -2.45. The van der Waals surface area contributed by atoms with Crippen molar-refractivity contribution in [2.24, 2.45) is 5.92 Å². The van der Waals surface area contributed by atoms with E-state index in [1.54, 1.807) is 31.2 Å². The summed E-state index contributed by atoms with van der Waals surface area (Å²) >= 11 is 2.10. The first kappa shape index (κ1) is 25.9. The number of carbonyl (C=O) groups is 4. The fourth-order valence-corrected chi connectivity index (χ4v) is 5.15. The number of halogens is 1. The standard InChI is InChI=1S/C14H13IO4.C12H8O4/c1-7-10-4-3-8(12(16)17)5-9(10)6-14(2,15)11(7)13(18)19;13-11(14)9-3-1-7-5-10(12(15)16)4-2-8(7)6-9/h3-6,11H,1-2H3,(H,16,17)(H,18,19);1-6H,(H,13,14)(H,15,16). The van der Waals surface area contributed by atoms with Crippen LogP contribution in [0.2, 0.25) is 0 Å². The largest absolute Gasteiger partial charge is 0.481 e. The van der Waals surface area contributed by atoms with Crippen LogP contribution in [0.3, 0.4) is 0 Å². The van der Waals surface area contributed by atoms with Crippen molar-refractivity contribution >= 4 is 68.9 Å². The molecule has 180 valence electrons. The van der Waals surface area contributed by atoms with Crippen LogP contribution < -0.4 is 10.4 Å². The molecule has 4 rings (SSSR count). The van der Waals surface area contributed by atoms with Gasteiger partial charge in [-0.3, -0.25) is 4.79 Å². The SMILES string of the molecule is CC1=c2ccc(C(=O)O)cc2=CC(C)(I)C1C(=O)O.O=C(O)c1ccc2cc(C(=O)O)ccc2c1. The number of fused-ring (bicyclic) bond motifs is 2. The second kappa shape index (κ2) is 9.87. The highest BCUT2D eigenvalue weighted by atomic mass is 127. The molecule has 0 saturated carbocycles. The van der Waals surface area contributed by atoms with Crippen molar-refractivity contribution in [3.05, 3.63) is 81.7 Å². The van der Waals surface area contributed by atoms with Crippen molar-refractivity contribution in [1.82, 2.24) is 0 Å². The molecule has 0 bridgehead atoms. The molecule has 0 fully saturated rings. The Morgan fingerprint density at radius 2 is 1.17 bits per heavy atom. The van der Waals surface area contributed by atoms with E-state index in [4.69, 9.17) is 15.3 Å². The Kier molecular flexibility index (Phi) is 7.30. The van der Waals surface area contributed by atoms with Gasteiger partial charge in [0.2, 0.25) is 0 Å². The van der Waals surface area contributed by atoms with Gasteiger partial charge in [0, 0.05) is 0 Å². The topological polar surface area (TPSA) is 149 Å². The molecule has 0 heterocycles. The number of carboxylic acids is 4. The van der Waals surface area contributed by atoms with Crippen LogP contribution in [0, 0.1) is 5.92 Å². The third kappa shape index (κ3) is 5.51. The van der Waals surface area contributed by atoms with Gasteiger partial charge in [0.05, 0.1) is 26.0 Å². The minimum atomic E-state index is -0.996. The number of carboxylic acid groups (broad SMARTS) is 4. The average Bonchev–Trinajstić information content (AvgIpc) is 2.77. The van der Waals surface area contributed by atoms with Crippen LogP contribution in [-0.4, -0.2) is 47.7 Å². The number of hydrogen-bond acceptors (Lipinski definition) is 4. The van der Waals surface area contributed by atoms with Crippen LogP contribution in [0.5, 0.6) is 0 Å². The fourth-order valence-electron chi connectivity index (χ4n) is 4.08. The zero-order valence-electron chi connectivity index (χ0n) is 18.7. The Labute approximate surface area is 213 Å². The lowest BCUT2D eigenvalue weighted by Gasteiger charge is -2.30. The summed E-state index contributed by atoms with van der Waals surface area (Å²) in [5.74, 6) is -4.44. The molecule has 1 aliphatic rings. The molecule has 0 aromatic heterocycles.